The van der Waals surface area contributed by atoms with Gasteiger partial charge in [0.15, 0.2) is 11.5 Å². The fraction of sp³-hybridized carbons (Fsp3) is 0.560. The number of carbonyl (C=O) groups is 3. The number of rotatable bonds is 9. The standard InChI is InChI=1S/C25H32N2O8/c1-33-13-20(30)27(15-5-3-4-6-15)18-11-17(25(32)26-7-8-28)21-16-9-14(12-29)10-19(34-2)23(16)35-24(21)22(18)31/h9-12,15,18,21-22,24,28,31H,3-8,13H2,1-2H3,(H,26,32)/t18-,21+,22+,24+/m1/s1. The van der Waals surface area contributed by atoms with Crippen molar-refractivity contribution in [2.24, 2.45) is 0 Å². The second-order valence-electron chi connectivity index (χ2n) is 9.07. The van der Waals surface area contributed by atoms with E-state index in [1.165, 1.54) is 20.3 Å². The Morgan fingerprint density at radius 3 is 2.63 bits per heavy atom. The van der Waals surface area contributed by atoms with Crippen molar-refractivity contribution in [3.63, 3.8) is 0 Å². The molecule has 0 spiro atoms. The maximum absolute atomic E-state index is 13.3. The highest BCUT2D eigenvalue weighted by molar-refractivity contribution is 5.96. The molecule has 1 aliphatic heterocycles. The van der Waals surface area contributed by atoms with Gasteiger partial charge in [-0.15, -0.1) is 0 Å². The van der Waals surface area contributed by atoms with Gasteiger partial charge in [0.2, 0.25) is 11.8 Å². The molecule has 3 N–H and O–H groups in total. The molecule has 0 unspecified atom stereocenters. The van der Waals surface area contributed by atoms with E-state index in [9.17, 15) is 24.6 Å². The average Bonchev–Trinajstić information content (AvgIpc) is 3.52. The number of aliphatic hydroxyl groups is 2. The van der Waals surface area contributed by atoms with Gasteiger partial charge in [0.25, 0.3) is 0 Å². The van der Waals surface area contributed by atoms with E-state index in [1.54, 1.807) is 17.0 Å². The molecule has 0 bridgehead atoms. The number of amides is 2. The quantitative estimate of drug-likeness (QED) is 0.429. The van der Waals surface area contributed by atoms with Crippen LogP contribution in [0.2, 0.25) is 0 Å². The first-order chi connectivity index (χ1) is 16.9. The van der Waals surface area contributed by atoms with Crippen molar-refractivity contribution < 1.29 is 38.8 Å². The topological polar surface area (TPSA) is 135 Å². The summed E-state index contributed by atoms with van der Waals surface area (Å²) in [5.74, 6) is -0.731. The molecule has 4 atom stereocenters. The van der Waals surface area contributed by atoms with E-state index in [0.29, 0.717) is 34.5 Å². The monoisotopic (exact) mass is 488 g/mol. The Kier molecular flexibility index (Phi) is 7.73. The van der Waals surface area contributed by atoms with Crippen LogP contribution in [0.15, 0.2) is 23.8 Å². The number of aldehydes is 1. The van der Waals surface area contributed by atoms with Crippen LogP contribution >= 0.6 is 0 Å². The third-order valence-electron chi connectivity index (χ3n) is 7.01. The van der Waals surface area contributed by atoms with Crippen LogP contribution in [0, 0.1) is 0 Å². The molecule has 10 heteroatoms. The summed E-state index contributed by atoms with van der Waals surface area (Å²) < 4.78 is 16.7. The molecule has 0 radical (unpaired) electrons. The molecular formula is C25H32N2O8. The molecule has 1 fully saturated rings. The van der Waals surface area contributed by atoms with Gasteiger partial charge in [0.1, 0.15) is 25.1 Å². The van der Waals surface area contributed by atoms with E-state index in [0.717, 1.165) is 25.7 Å². The maximum Gasteiger partial charge on any atom is 0.249 e. The molecule has 3 aliphatic rings. The Labute approximate surface area is 203 Å². The van der Waals surface area contributed by atoms with Crippen LogP contribution in [-0.4, -0.2) is 91.5 Å². The van der Waals surface area contributed by atoms with Crippen LogP contribution in [0.3, 0.4) is 0 Å². The van der Waals surface area contributed by atoms with Crippen molar-refractivity contribution >= 4 is 18.1 Å². The highest BCUT2D eigenvalue weighted by atomic mass is 16.5. The molecule has 10 nitrogen and oxygen atoms in total. The molecule has 35 heavy (non-hydrogen) atoms. The number of ether oxygens (including phenoxy) is 3. The fourth-order valence-electron chi connectivity index (χ4n) is 5.52. The van der Waals surface area contributed by atoms with Gasteiger partial charge < -0.3 is 34.6 Å². The molecular weight excluding hydrogens is 456 g/mol. The lowest BCUT2D eigenvalue weighted by Gasteiger charge is -2.43. The number of carbonyl (C=O) groups excluding carboxylic acids is 3. The SMILES string of the molecule is COCC(=O)N(C1CCCC1)[C@@H]1C=C(C(=O)NCCO)[C@@H]2c3cc(C=O)cc(OC)c3O[C@@H]2[C@H]1O. The lowest BCUT2D eigenvalue weighted by Crippen LogP contribution is -2.58. The van der Waals surface area contributed by atoms with E-state index in [1.807, 2.05) is 0 Å². The van der Waals surface area contributed by atoms with Crippen molar-refractivity contribution in [2.45, 2.75) is 55.9 Å². The second kappa shape index (κ2) is 10.8. The third kappa shape index (κ3) is 4.65. The second-order valence-corrected chi connectivity index (χ2v) is 9.07. The van der Waals surface area contributed by atoms with Gasteiger partial charge in [-0.2, -0.15) is 0 Å². The van der Waals surface area contributed by atoms with Crippen molar-refractivity contribution in [3.8, 4) is 11.5 Å². The number of methoxy groups -OCH3 is 2. The van der Waals surface area contributed by atoms with Gasteiger partial charge in [-0.05, 0) is 31.1 Å². The fourth-order valence-corrected chi connectivity index (χ4v) is 5.52. The molecule has 0 aromatic heterocycles. The average molecular weight is 489 g/mol. The summed E-state index contributed by atoms with van der Waals surface area (Å²) in [6.07, 6.45) is 3.81. The molecule has 190 valence electrons. The summed E-state index contributed by atoms with van der Waals surface area (Å²) >= 11 is 0. The van der Waals surface area contributed by atoms with Crippen LogP contribution in [0.25, 0.3) is 0 Å². The zero-order chi connectivity index (χ0) is 25.1. The minimum Gasteiger partial charge on any atom is -0.493 e. The largest absolute Gasteiger partial charge is 0.493 e. The first kappa shape index (κ1) is 25.2. The number of hydrogen-bond acceptors (Lipinski definition) is 8. The first-order valence-corrected chi connectivity index (χ1v) is 11.9. The summed E-state index contributed by atoms with van der Waals surface area (Å²) in [7, 11) is 2.89. The molecule has 2 aliphatic carbocycles. The smallest absolute Gasteiger partial charge is 0.249 e. The maximum atomic E-state index is 13.3. The normalized spacial score (nSPS) is 25.2. The van der Waals surface area contributed by atoms with Crippen LogP contribution in [0.1, 0.15) is 47.5 Å². The van der Waals surface area contributed by atoms with Gasteiger partial charge in [-0.1, -0.05) is 12.8 Å². The van der Waals surface area contributed by atoms with E-state index in [4.69, 9.17) is 14.2 Å². The zero-order valence-electron chi connectivity index (χ0n) is 19.9. The summed E-state index contributed by atoms with van der Waals surface area (Å²) in [6, 6.07) is 2.25. The number of aliphatic hydroxyl groups excluding tert-OH is 2. The van der Waals surface area contributed by atoms with Crippen LogP contribution < -0.4 is 14.8 Å². The Balaban J connectivity index is 1.82. The number of nitrogens with zero attached hydrogens (tertiary/aromatic N) is 1. The van der Waals surface area contributed by atoms with E-state index in [-0.39, 0.29) is 31.7 Å². The number of nitrogens with one attached hydrogen (secondary N) is 1. The van der Waals surface area contributed by atoms with Gasteiger partial charge in [-0.3, -0.25) is 14.4 Å². The Bertz CT molecular complexity index is 1000. The summed E-state index contributed by atoms with van der Waals surface area (Å²) in [5.41, 5.74) is 1.20. The molecule has 4 rings (SSSR count). The lowest BCUT2D eigenvalue weighted by molar-refractivity contribution is -0.144. The van der Waals surface area contributed by atoms with Crippen molar-refractivity contribution in [3.05, 3.63) is 34.9 Å². The number of fused-ring (bicyclic) bond motifs is 3. The minimum atomic E-state index is -1.15. The summed E-state index contributed by atoms with van der Waals surface area (Å²) in [5, 5.41) is 23.4. The van der Waals surface area contributed by atoms with E-state index >= 15 is 0 Å². The summed E-state index contributed by atoms with van der Waals surface area (Å²) in [4.78, 5) is 39.6. The van der Waals surface area contributed by atoms with E-state index < -0.39 is 30.1 Å². The van der Waals surface area contributed by atoms with Crippen molar-refractivity contribution in [2.75, 3.05) is 34.0 Å². The van der Waals surface area contributed by atoms with Crippen LogP contribution in [0.5, 0.6) is 11.5 Å². The zero-order valence-corrected chi connectivity index (χ0v) is 19.9. The molecule has 1 heterocycles. The number of hydrogen-bond donors (Lipinski definition) is 3. The Morgan fingerprint density at radius 1 is 1.26 bits per heavy atom. The predicted octanol–water partition coefficient (Wildman–Crippen LogP) is 0.548. The van der Waals surface area contributed by atoms with Gasteiger partial charge in [0.05, 0.1) is 25.7 Å². The highest BCUT2D eigenvalue weighted by Gasteiger charge is 2.52. The molecule has 1 saturated carbocycles. The Hall–Kier alpha value is -2.95. The molecule has 0 saturated heterocycles. The van der Waals surface area contributed by atoms with Crippen molar-refractivity contribution in [1.82, 2.24) is 10.2 Å². The minimum absolute atomic E-state index is 0.0428. The van der Waals surface area contributed by atoms with Gasteiger partial charge in [-0.25, -0.2) is 0 Å². The van der Waals surface area contributed by atoms with Gasteiger partial charge in [0, 0.05) is 36.4 Å². The predicted molar refractivity (Wildman–Crippen MR) is 124 cm³/mol. The summed E-state index contributed by atoms with van der Waals surface area (Å²) in [6.45, 7) is -0.345. The van der Waals surface area contributed by atoms with E-state index in [2.05, 4.69) is 5.32 Å². The van der Waals surface area contributed by atoms with Crippen molar-refractivity contribution in [1.29, 1.82) is 0 Å². The molecule has 1 aromatic carbocycles. The lowest BCUT2D eigenvalue weighted by atomic mass is 9.77. The first-order valence-electron chi connectivity index (χ1n) is 11.9. The van der Waals surface area contributed by atoms with Crippen LogP contribution in [0.4, 0.5) is 0 Å². The number of benzene rings is 1. The van der Waals surface area contributed by atoms with Gasteiger partial charge >= 0.3 is 0 Å². The third-order valence-corrected chi connectivity index (χ3v) is 7.01. The molecule has 2 amide bonds. The Morgan fingerprint density at radius 2 is 2.00 bits per heavy atom. The molecule has 1 aromatic rings. The van der Waals surface area contributed by atoms with Crippen LogP contribution in [-0.2, 0) is 14.3 Å². The highest BCUT2D eigenvalue weighted by Crippen LogP contribution is 2.51.